The summed E-state index contributed by atoms with van der Waals surface area (Å²) in [4.78, 5) is 37.0. The molecule has 37 heavy (non-hydrogen) atoms. The third-order valence-corrected chi connectivity index (χ3v) is 6.20. The summed E-state index contributed by atoms with van der Waals surface area (Å²) >= 11 is 0. The molecule has 0 aliphatic carbocycles. The van der Waals surface area contributed by atoms with Crippen LogP contribution in [-0.2, 0) is 6.42 Å². The van der Waals surface area contributed by atoms with Gasteiger partial charge in [0.1, 0.15) is 11.6 Å². The van der Waals surface area contributed by atoms with Gasteiger partial charge in [-0.3, -0.25) is 4.79 Å². The highest BCUT2D eigenvalue weighted by molar-refractivity contribution is 6.12. The molecule has 0 atom stereocenters. The molecule has 188 valence electrons. The van der Waals surface area contributed by atoms with Gasteiger partial charge in [0.25, 0.3) is 5.91 Å². The van der Waals surface area contributed by atoms with Gasteiger partial charge in [0, 0.05) is 32.4 Å². The van der Waals surface area contributed by atoms with Crippen molar-refractivity contribution in [3.05, 3.63) is 77.4 Å². The van der Waals surface area contributed by atoms with Crippen molar-refractivity contribution in [1.29, 1.82) is 0 Å². The SMILES string of the molecule is CCN1c2ncc(CCOc3ccc(-n4cc(C(=O)O)nn4)cc3C)cc2C(=O)N(C)c2cccnc21. The Morgan fingerprint density at radius 1 is 1.14 bits per heavy atom. The van der Waals surface area contributed by atoms with Gasteiger partial charge < -0.3 is 19.6 Å². The lowest BCUT2D eigenvalue weighted by molar-refractivity contribution is 0.0690. The molecule has 1 amide bonds. The third kappa shape index (κ3) is 4.46. The standard InChI is InChI=1S/C26H25N7O4/c1-4-32-23-19(25(34)31(3)21-6-5-10-27-24(21)32)13-17(14-28-23)9-11-37-22-8-7-18(12-16(22)2)33-15-20(26(35)36)29-30-33/h5-8,10,12-15H,4,9,11H2,1-3H3,(H,35,36). The van der Waals surface area contributed by atoms with Crippen molar-refractivity contribution in [2.75, 3.05) is 30.0 Å². The number of hydrogen-bond acceptors (Lipinski definition) is 8. The van der Waals surface area contributed by atoms with Crippen LogP contribution in [0.4, 0.5) is 17.3 Å². The number of carboxylic acids is 1. The Kier molecular flexibility index (Phi) is 6.26. The largest absolute Gasteiger partial charge is 0.493 e. The Labute approximate surface area is 213 Å². The van der Waals surface area contributed by atoms with Crippen LogP contribution < -0.4 is 14.5 Å². The van der Waals surface area contributed by atoms with Gasteiger partial charge in [-0.25, -0.2) is 19.4 Å². The highest BCUT2D eigenvalue weighted by Gasteiger charge is 2.30. The predicted octanol–water partition coefficient (Wildman–Crippen LogP) is 3.43. The summed E-state index contributed by atoms with van der Waals surface area (Å²) in [5.74, 6) is 0.715. The van der Waals surface area contributed by atoms with E-state index >= 15 is 0 Å². The number of anilines is 3. The Morgan fingerprint density at radius 2 is 1.97 bits per heavy atom. The summed E-state index contributed by atoms with van der Waals surface area (Å²) < 4.78 is 7.41. The minimum Gasteiger partial charge on any atom is -0.493 e. The Hall–Kier alpha value is -4.80. The molecule has 3 aromatic heterocycles. The molecule has 0 unspecified atom stereocenters. The maximum absolute atomic E-state index is 13.3. The zero-order chi connectivity index (χ0) is 26.1. The average molecular weight is 500 g/mol. The van der Waals surface area contributed by atoms with E-state index in [2.05, 4.69) is 20.3 Å². The molecule has 1 aliphatic rings. The summed E-state index contributed by atoms with van der Waals surface area (Å²) in [6, 6.07) is 11.0. The number of carboxylic acid groups (broad SMARTS) is 1. The molecule has 0 fully saturated rings. The summed E-state index contributed by atoms with van der Waals surface area (Å²) in [6.07, 6.45) is 5.40. The van der Waals surface area contributed by atoms with Crippen molar-refractivity contribution in [2.24, 2.45) is 0 Å². The molecule has 5 rings (SSSR count). The summed E-state index contributed by atoms with van der Waals surface area (Å²) in [7, 11) is 1.75. The monoisotopic (exact) mass is 499 g/mol. The van der Waals surface area contributed by atoms with Crippen molar-refractivity contribution in [1.82, 2.24) is 25.0 Å². The van der Waals surface area contributed by atoms with Crippen molar-refractivity contribution in [2.45, 2.75) is 20.3 Å². The third-order valence-electron chi connectivity index (χ3n) is 6.20. The molecule has 4 aromatic rings. The maximum Gasteiger partial charge on any atom is 0.358 e. The molecule has 0 bridgehead atoms. The molecule has 4 heterocycles. The van der Waals surface area contributed by atoms with Gasteiger partial charge in [-0.15, -0.1) is 5.10 Å². The highest BCUT2D eigenvalue weighted by atomic mass is 16.5. The van der Waals surface area contributed by atoms with E-state index in [1.165, 1.54) is 10.9 Å². The van der Waals surface area contributed by atoms with Crippen LogP contribution in [0.1, 0.15) is 38.9 Å². The van der Waals surface area contributed by atoms with E-state index in [0.29, 0.717) is 48.2 Å². The van der Waals surface area contributed by atoms with E-state index in [1.54, 1.807) is 30.4 Å². The molecule has 0 radical (unpaired) electrons. The molecule has 0 spiro atoms. The van der Waals surface area contributed by atoms with Gasteiger partial charge in [-0.05, 0) is 61.4 Å². The van der Waals surface area contributed by atoms with Crippen molar-refractivity contribution >= 4 is 29.2 Å². The number of pyridine rings is 2. The van der Waals surface area contributed by atoms with E-state index < -0.39 is 5.97 Å². The molecule has 11 heteroatoms. The summed E-state index contributed by atoms with van der Waals surface area (Å²) in [5.41, 5.74) is 3.56. The topological polar surface area (TPSA) is 127 Å². The van der Waals surface area contributed by atoms with Gasteiger partial charge in [0.05, 0.1) is 29.7 Å². The van der Waals surface area contributed by atoms with Gasteiger partial charge >= 0.3 is 5.97 Å². The lowest BCUT2D eigenvalue weighted by atomic mass is 10.1. The van der Waals surface area contributed by atoms with E-state index in [0.717, 1.165) is 16.8 Å². The fourth-order valence-corrected chi connectivity index (χ4v) is 4.26. The molecule has 1 aliphatic heterocycles. The highest BCUT2D eigenvalue weighted by Crippen LogP contribution is 2.37. The Morgan fingerprint density at radius 3 is 2.70 bits per heavy atom. The van der Waals surface area contributed by atoms with Gasteiger partial charge in [-0.2, -0.15) is 0 Å². The molecule has 0 saturated carbocycles. The smallest absolute Gasteiger partial charge is 0.358 e. The first kappa shape index (κ1) is 23.9. The molecular formula is C26H25N7O4. The zero-order valence-electron chi connectivity index (χ0n) is 20.6. The number of aromatic nitrogens is 5. The molecule has 0 saturated heterocycles. The number of benzene rings is 1. The van der Waals surface area contributed by atoms with E-state index in [9.17, 15) is 9.59 Å². The zero-order valence-corrected chi connectivity index (χ0v) is 20.6. The van der Waals surface area contributed by atoms with Crippen LogP contribution in [0.3, 0.4) is 0 Å². The van der Waals surface area contributed by atoms with Gasteiger partial charge in [0.2, 0.25) is 0 Å². The van der Waals surface area contributed by atoms with Gasteiger partial charge in [-0.1, -0.05) is 5.21 Å². The Bertz CT molecular complexity index is 1500. The number of carbonyl (C=O) groups is 2. The van der Waals surface area contributed by atoms with Crippen LogP contribution in [0, 0.1) is 6.92 Å². The number of nitrogens with zero attached hydrogens (tertiary/aromatic N) is 7. The van der Waals surface area contributed by atoms with Crippen LogP contribution in [0.5, 0.6) is 5.75 Å². The van der Waals surface area contributed by atoms with Crippen molar-refractivity contribution in [3.8, 4) is 11.4 Å². The first-order chi connectivity index (χ1) is 17.9. The maximum atomic E-state index is 13.3. The first-order valence-electron chi connectivity index (χ1n) is 11.8. The number of amides is 1. The minimum absolute atomic E-state index is 0.126. The minimum atomic E-state index is -1.13. The van der Waals surface area contributed by atoms with Crippen LogP contribution in [0.25, 0.3) is 5.69 Å². The number of aromatic carboxylic acids is 1. The van der Waals surface area contributed by atoms with E-state index in [-0.39, 0.29) is 11.6 Å². The lowest BCUT2D eigenvalue weighted by Crippen LogP contribution is -2.25. The second-order valence-corrected chi connectivity index (χ2v) is 8.57. The molecule has 11 nitrogen and oxygen atoms in total. The quantitative estimate of drug-likeness (QED) is 0.407. The number of aryl methyl sites for hydroxylation is 1. The van der Waals surface area contributed by atoms with Crippen LogP contribution in [-0.4, -0.2) is 62.1 Å². The van der Waals surface area contributed by atoms with Crippen molar-refractivity contribution < 1.29 is 19.4 Å². The second-order valence-electron chi connectivity index (χ2n) is 8.57. The fraction of sp³-hybridized carbons (Fsp3) is 0.231. The molecular weight excluding hydrogens is 474 g/mol. The molecule has 1 aromatic carbocycles. The molecule has 1 N–H and O–H groups in total. The number of hydrogen-bond donors (Lipinski definition) is 1. The summed E-state index contributed by atoms with van der Waals surface area (Å²) in [6.45, 7) is 4.91. The number of ether oxygens (including phenoxy) is 1. The normalized spacial score (nSPS) is 12.7. The number of rotatable bonds is 7. The van der Waals surface area contributed by atoms with E-state index in [1.807, 2.05) is 49.1 Å². The number of carbonyl (C=O) groups excluding carboxylic acids is 1. The van der Waals surface area contributed by atoms with Crippen LogP contribution >= 0.6 is 0 Å². The van der Waals surface area contributed by atoms with E-state index in [4.69, 9.17) is 9.84 Å². The number of fused-ring (bicyclic) bond motifs is 2. The van der Waals surface area contributed by atoms with Gasteiger partial charge in [0.15, 0.2) is 11.5 Å². The summed E-state index contributed by atoms with van der Waals surface area (Å²) in [5, 5.41) is 16.5. The average Bonchev–Trinajstić information content (AvgIpc) is 3.38. The lowest BCUT2D eigenvalue weighted by Gasteiger charge is -2.22. The Balaban J connectivity index is 1.31. The predicted molar refractivity (Wildman–Crippen MR) is 136 cm³/mol. The van der Waals surface area contributed by atoms with Crippen molar-refractivity contribution in [3.63, 3.8) is 0 Å². The first-order valence-corrected chi connectivity index (χ1v) is 11.8. The van der Waals surface area contributed by atoms with Crippen LogP contribution in [0.2, 0.25) is 0 Å². The second kappa shape index (κ2) is 9.69. The van der Waals surface area contributed by atoms with Crippen LogP contribution in [0.15, 0.2) is 55.0 Å². The fourth-order valence-electron chi connectivity index (χ4n) is 4.26.